The number of carbonyl (C=O) groups excluding carboxylic acids is 1. The SMILES string of the molecule is COc1ccccc1N1C(=O)/C(=C\c2ccc(-n3ccnc3)cc2)SC1=S. The highest BCUT2D eigenvalue weighted by atomic mass is 32.2. The average molecular weight is 393 g/mol. The summed E-state index contributed by atoms with van der Waals surface area (Å²) in [6, 6.07) is 15.2. The number of aromatic nitrogens is 2. The van der Waals surface area contributed by atoms with Gasteiger partial charge in [0, 0.05) is 18.1 Å². The molecular formula is C20H15N3O2S2. The molecule has 134 valence electrons. The lowest BCUT2D eigenvalue weighted by Crippen LogP contribution is -2.27. The highest BCUT2D eigenvalue weighted by Gasteiger charge is 2.34. The minimum atomic E-state index is -0.145. The Morgan fingerprint density at radius 3 is 2.63 bits per heavy atom. The maximum absolute atomic E-state index is 12.9. The quantitative estimate of drug-likeness (QED) is 0.489. The van der Waals surface area contributed by atoms with Crippen molar-refractivity contribution < 1.29 is 9.53 Å². The molecule has 1 aromatic heterocycles. The molecule has 5 nitrogen and oxygen atoms in total. The standard InChI is InChI=1S/C20H15N3O2S2/c1-25-17-5-3-2-4-16(17)23-19(24)18(27-20(23)26)12-14-6-8-15(9-7-14)22-11-10-21-13-22/h2-13H,1H3/b18-12+. The van der Waals surface area contributed by atoms with E-state index in [1.807, 2.05) is 65.4 Å². The molecule has 0 atom stereocenters. The van der Waals surface area contributed by atoms with Gasteiger partial charge < -0.3 is 9.30 Å². The third-order valence-electron chi connectivity index (χ3n) is 4.11. The van der Waals surface area contributed by atoms with E-state index in [-0.39, 0.29) is 5.91 Å². The molecule has 2 aromatic carbocycles. The van der Waals surface area contributed by atoms with Crippen LogP contribution in [0.2, 0.25) is 0 Å². The molecule has 4 rings (SSSR count). The van der Waals surface area contributed by atoms with Gasteiger partial charge in [-0.1, -0.05) is 48.2 Å². The zero-order valence-corrected chi connectivity index (χ0v) is 16.0. The summed E-state index contributed by atoms with van der Waals surface area (Å²) in [7, 11) is 1.58. The molecule has 0 bridgehead atoms. The maximum Gasteiger partial charge on any atom is 0.270 e. The third kappa shape index (κ3) is 3.39. The van der Waals surface area contributed by atoms with Crippen LogP contribution in [0.25, 0.3) is 11.8 Å². The van der Waals surface area contributed by atoms with Gasteiger partial charge in [0.25, 0.3) is 5.91 Å². The van der Waals surface area contributed by atoms with Gasteiger partial charge in [-0.3, -0.25) is 9.69 Å². The Balaban J connectivity index is 1.61. The first-order chi connectivity index (χ1) is 13.2. The van der Waals surface area contributed by atoms with Crippen molar-refractivity contribution >= 4 is 46.0 Å². The fraction of sp³-hybridized carbons (Fsp3) is 0.0500. The van der Waals surface area contributed by atoms with Gasteiger partial charge in [0.05, 0.1) is 24.0 Å². The summed E-state index contributed by atoms with van der Waals surface area (Å²) in [5.74, 6) is 0.466. The summed E-state index contributed by atoms with van der Waals surface area (Å²) in [5.41, 5.74) is 2.59. The summed E-state index contributed by atoms with van der Waals surface area (Å²) in [6.07, 6.45) is 7.21. The van der Waals surface area contributed by atoms with E-state index in [2.05, 4.69) is 4.98 Å². The van der Waals surface area contributed by atoms with Crippen molar-refractivity contribution in [3.8, 4) is 11.4 Å². The first-order valence-corrected chi connectivity index (χ1v) is 9.39. The van der Waals surface area contributed by atoms with Gasteiger partial charge >= 0.3 is 0 Å². The van der Waals surface area contributed by atoms with Crippen LogP contribution in [0.4, 0.5) is 5.69 Å². The van der Waals surface area contributed by atoms with E-state index in [0.717, 1.165) is 11.3 Å². The lowest BCUT2D eigenvalue weighted by Gasteiger charge is -2.17. The number of imidazole rings is 1. The normalized spacial score (nSPS) is 15.6. The fourth-order valence-electron chi connectivity index (χ4n) is 2.80. The molecule has 0 aliphatic carbocycles. The number of hydrogen-bond donors (Lipinski definition) is 0. The molecule has 27 heavy (non-hydrogen) atoms. The summed E-state index contributed by atoms with van der Waals surface area (Å²) < 4.78 is 7.78. The van der Waals surface area contributed by atoms with Crippen LogP contribution < -0.4 is 9.64 Å². The van der Waals surface area contributed by atoms with Crippen molar-refractivity contribution in [3.05, 3.63) is 77.7 Å². The van der Waals surface area contributed by atoms with Gasteiger partial charge in [0.15, 0.2) is 4.32 Å². The molecule has 0 saturated carbocycles. The lowest BCUT2D eigenvalue weighted by molar-refractivity contribution is -0.113. The van der Waals surface area contributed by atoms with Gasteiger partial charge in [0.1, 0.15) is 5.75 Å². The number of rotatable bonds is 4. The van der Waals surface area contributed by atoms with E-state index in [1.165, 1.54) is 16.7 Å². The van der Waals surface area contributed by atoms with Crippen LogP contribution in [-0.4, -0.2) is 26.9 Å². The smallest absolute Gasteiger partial charge is 0.270 e. The number of carbonyl (C=O) groups is 1. The first-order valence-electron chi connectivity index (χ1n) is 8.17. The molecule has 0 unspecified atom stereocenters. The molecule has 0 spiro atoms. The average Bonchev–Trinajstić information content (AvgIpc) is 3.31. The number of methoxy groups -OCH3 is 1. The minimum Gasteiger partial charge on any atom is -0.495 e. The summed E-state index contributed by atoms with van der Waals surface area (Å²) in [4.78, 5) is 19.1. The van der Waals surface area contributed by atoms with Crippen LogP contribution in [0.3, 0.4) is 0 Å². The predicted octanol–water partition coefficient (Wildman–Crippen LogP) is 4.29. The topological polar surface area (TPSA) is 47.4 Å². The van der Waals surface area contributed by atoms with Crippen LogP contribution in [0.15, 0.2) is 72.2 Å². The zero-order chi connectivity index (χ0) is 18.8. The number of anilines is 1. The van der Waals surface area contributed by atoms with Crippen LogP contribution >= 0.6 is 24.0 Å². The maximum atomic E-state index is 12.9. The molecule has 7 heteroatoms. The Labute approximate surface area is 166 Å². The molecule has 3 aromatic rings. The molecule has 1 aliphatic heterocycles. The highest BCUT2D eigenvalue weighted by Crippen LogP contribution is 2.39. The van der Waals surface area contributed by atoms with Crippen molar-refractivity contribution in [2.45, 2.75) is 0 Å². The van der Waals surface area contributed by atoms with Gasteiger partial charge in [0.2, 0.25) is 0 Å². The molecular weight excluding hydrogens is 378 g/mol. The van der Waals surface area contributed by atoms with Crippen molar-refractivity contribution in [1.82, 2.24) is 9.55 Å². The zero-order valence-electron chi connectivity index (χ0n) is 14.4. The summed E-state index contributed by atoms with van der Waals surface area (Å²) >= 11 is 6.73. The fourth-order valence-corrected chi connectivity index (χ4v) is 4.08. The largest absolute Gasteiger partial charge is 0.495 e. The first kappa shape index (κ1) is 17.5. The monoisotopic (exact) mass is 393 g/mol. The van der Waals surface area contributed by atoms with E-state index in [0.29, 0.717) is 20.7 Å². The molecule has 0 N–H and O–H groups in total. The Hall–Kier alpha value is -2.90. The van der Waals surface area contributed by atoms with E-state index in [4.69, 9.17) is 17.0 Å². The van der Waals surface area contributed by atoms with Crippen molar-refractivity contribution in [2.75, 3.05) is 12.0 Å². The van der Waals surface area contributed by atoms with Crippen LogP contribution in [-0.2, 0) is 4.79 Å². The molecule has 1 amide bonds. The molecule has 0 radical (unpaired) electrons. The number of amides is 1. The van der Waals surface area contributed by atoms with E-state index in [9.17, 15) is 4.79 Å². The number of para-hydroxylation sites is 2. The second-order valence-corrected chi connectivity index (χ2v) is 7.43. The Bertz CT molecular complexity index is 1030. The highest BCUT2D eigenvalue weighted by molar-refractivity contribution is 8.27. The number of hydrogen-bond acceptors (Lipinski definition) is 5. The van der Waals surface area contributed by atoms with Gasteiger partial charge in [-0.25, -0.2) is 4.98 Å². The Kier molecular flexibility index (Phi) is 4.79. The van der Waals surface area contributed by atoms with Crippen molar-refractivity contribution in [2.24, 2.45) is 0 Å². The number of thioether (sulfide) groups is 1. The summed E-state index contributed by atoms with van der Waals surface area (Å²) in [5, 5.41) is 0. The van der Waals surface area contributed by atoms with Crippen molar-refractivity contribution in [3.63, 3.8) is 0 Å². The molecule has 1 aliphatic rings. The third-order valence-corrected chi connectivity index (χ3v) is 5.42. The van der Waals surface area contributed by atoms with Gasteiger partial charge in [-0.05, 0) is 35.9 Å². The molecule has 2 heterocycles. The van der Waals surface area contributed by atoms with Gasteiger partial charge in [-0.15, -0.1) is 0 Å². The van der Waals surface area contributed by atoms with Gasteiger partial charge in [-0.2, -0.15) is 0 Å². The molecule has 1 fully saturated rings. The number of ether oxygens (including phenoxy) is 1. The predicted molar refractivity (Wildman–Crippen MR) is 112 cm³/mol. The Morgan fingerprint density at radius 2 is 1.93 bits per heavy atom. The number of benzene rings is 2. The minimum absolute atomic E-state index is 0.145. The van der Waals surface area contributed by atoms with E-state index in [1.54, 1.807) is 19.6 Å². The van der Waals surface area contributed by atoms with E-state index >= 15 is 0 Å². The van der Waals surface area contributed by atoms with Crippen LogP contribution in [0.5, 0.6) is 5.75 Å². The number of thiocarbonyl (C=S) groups is 1. The number of nitrogens with zero attached hydrogens (tertiary/aromatic N) is 3. The van der Waals surface area contributed by atoms with Crippen molar-refractivity contribution in [1.29, 1.82) is 0 Å². The molecule has 1 saturated heterocycles. The lowest BCUT2D eigenvalue weighted by atomic mass is 10.2. The van der Waals surface area contributed by atoms with Crippen LogP contribution in [0, 0.1) is 0 Å². The van der Waals surface area contributed by atoms with Crippen LogP contribution in [0.1, 0.15) is 5.56 Å². The second kappa shape index (κ2) is 7.38. The Morgan fingerprint density at radius 1 is 1.15 bits per heavy atom. The summed E-state index contributed by atoms with van der Waals surface area (Å²) in [6.45, 7) is 0. The second-order valence-electron chi connectivity index (χ2n) is 5.75. The van der Waals surface area contributed by atoms with E-state index < -0.39 is 0 Å².